The normalized spacial score (nSPS) is 12.7. The van der Waals surface area contributed by atoms with Gasteiger partial charge in [0, 0.05) is 6.54 Å². The minimum absolute atomic E-state index is 0.0443. The molecule has 2 aromatic rings. The van der Waals surface area contributed by atoms with Crippen molar-refractivity contribution in [2.24, 2.45) is 0 Å². The summed E-state index contributed by atoms with van der Waals surface area (Å²) >= 11 is 0. The van der Waals surface area contributed by atoms with Crippen LogP contribution in [0.5, 0.6) is 0 Å². The van der Waals surface area contributed by atoms with Gasteiger partial charge in [-0.1, -0.05) is 19.8 Å². The standard InChI is InChI=1S/C22H21FN2O5/c1-2-3-4-11-24-19(26)13-30-22(29)14-5-10-17-18(12-14)21(28)25(20(17)27)16-8-6-15(23)7-9-16/h5-10,12H,2-4,11,13H2,1H3,(H,24,26). The van der Waals surface area contributed by atoms with Gasteiger partial charge in [0.05, 0.1) is 22.4 Å². The van der Waals surface area contributed by atoms with Crippen LogP contribution in [0, 0.1) is 5.82 Å². The molecule has 0 spiro atoms. The fourth-order valence-corrected chi connectivity index (χ4v) is 3.06. The topological polar surface area (TPSA) is 92.8 Å². The highest BCUT2D eigenvalue weighted by molar-refractivity contribution is 6.34. The number of hydrogen-bond acceptors (Lipinski definition) is 5. The van der Waals surface area contributed by atoms with Gasteiger partial charge >= 0.3 is 5.97 Å². The van der Waals surface area contributed by atoms with Crippen molar-refractivity contribution in [1.29, 1.82) is 0 Å². The third-order valence-electron chi connectivity index (χ3n) is 4.64. The molecule has 0 radical (unpaired) electrons. The molecule has 1 aliphatic rings. The van der Waals surface area contributed by atoms with Gasteiger partial charge in [0.2, 0.25) is 0 Å². The molecule has 0 saturated carbocycles. The lowest BCUT2D eigenvalue weighted by Gasteiger charge is -2.13. The monoisotopic (exact) mass is 412 g/mol. The summed E-state index contributed by atoms with van der Waals surface area (Å²) in [6.45, 7) is 2.13. The van der Waals surface area contributed by atoms with Gasteiger partial charge in [0.15, 0.2) is 6.61 Å². The Bertz CT molecular complexity index is 988. The van der Waals surface area contributed by atoms with E-state index in [-0.39, 0.29) is 22.4 Å². The lowest BCUT2D eigenvalue weighted by molar-refractivity contribution is -0.124. The molecule has 7 nitrogen and oxygen atoms in total. The van der Waals surface area contributed by atoms with Crippen molar-refractivity contribution in [1.82, 2.24) is 5.32 Å². The first-order chi connectivity index (χ1) is 14.4. The van der Waals surface area contributed by atoms with E-state index in [1.54, 1.807) is 0 Å². The van der Waals surface area contributed by atoms with Crippen LogP contribution in [-0.4, -0.2) is 36.8 Å². The van der Waals surface area contributed by atoms with E-state index < -0.39 is 36.1 Å². The Kier molecular flexibility index (Phi) is 6.56. The molecule has 1 aliphatic heterocycles. The van der Waals surface area contributed by atoms with Crippen LogP contribution in [0.25, 0.3) is 0 Å². The van der Waals surface area contributed by atoms with Crippen LogP contribution in [0.2, 0.25) is 0 Å². The maximum Gasteiger partial charge on any atom is 0.338 e. The van der Waals surface area contributed by atoms with E-state index in [1.165, 1.54) is 30.3 Å². The van der Waals surface area contributed by atoms with Crippen LogP contribution in [0.4, 0.5) is 10.1 Å². The number of imide groups is 1. The van der Waals surface area contributed by atoms with Crippen LogP contribution < -0.4 is 10.2 Å². The zero-order chi connectivity index (χ0) is 21.7. The van der Waals surface area contributed by atoms with Gasteiger partial charge in [-0.15, -0.1) is 0 Å². The van der Waals surface area contributed by atoms with Gasteiger partial charge in [0.25, 0.3) is 17.7 Å². The SMILES string of the molecule is CCCCCNC(=O)COC(=O)c1ccc2c(c1)C(=O)N(c1ccc(F)cc1)C2=O. The van der Waals surface area contributed by atoms with Crippen molar-refractivity contribution in [3.63, 3.8) is 0 Å². The van der Waals surface area contributed by atoms with Crippen LogP contribution >= 0.6 is 0 Å². The van der Waals surface area contributed by atoms with E-state index in [1.807, 2.05) is 0 Å². The molecule has 3 amide bonds. The molecule has 2 aromatic carbocycles. The maximum atomic E-state index is 13.1. The molecular formula is C22H21FN2O5. The molecule has 0 fully saturated rings. The summed E-state index contributed by atoms with van der Waals surface area (Å²) in [4.78, 5) is 50.2. The highest BCUT2D eigenvalue weighted by Gasteiger charge is 2.37. The average molecular weight is 412 g/mol. The number of halogens is 1. The molecule has 0 unspecified atom stereocenters. The summed E-state index contributed by atoms with van der Waals surface area (Å²) in [5, 5.41) is 2.66. The third-order valence-corrected chi connectivity index (χ3v) is 4.64. The van der Waals surface area contributed by atoms with Crippen molar-refractivity contribution < 1.29 is 28.3 Å². The molecule has 8 heteroatoms. The van der Waals surface area contributed by atoms with Crippen LogP contribution in [0.3, 0.4) is 0 Å². The fraction of sp³-hybridized carbons (Fsp3) is 0.273. The van der Waals surface area contributed by atoms with Gasteiger partial charge in [-0.05, 0) is 48.9 Å². The first kappa shape index (κ1) is 21.2. The number of carbonyl (C=O) groups excluding carboxylic acids is 4. The predicted molar refractivity (Wildman–Crippen MR) is 107 cm³/mol. The maximum absolute atomic E-state index is 13.1. The molecule has 3 rings (SSSR count). The van der Waals surface area contributed by atoms with Crippen molar-refractivity contribution in [2.45, 2.75) is 26.2 Å². The molecular weight excluding hydrogens is 391 g/mol. The van der Waals surface area contributed by atoms with E-state index in [4.69, 9.17) is 4.74 Å². The first-order valence-electron chi connectivity index (χ1n) is 9.64. The molecule has 0 bridgehead atoms. The summed E-state index contributed by atoms with van der Waals surface area (Å²) in [5.74, 6) is -2.86. The van der Waals surface area contributed by atoms with Crippen molar-refractivity contribution in [2.75, 3.05) is 18.1 Å². The van der Waals surface area contributed by atoms with Crippen LogP contribution in [0.1, 0.15) is 57.3 Å². The fourth-order valence-electron chi connectivity index (χ4n) is 3.06. The quantitative estimate of drug-likeness (QED) is 0.409. The van der Waals surface area contributed by atoms with E-state index in [9.17, 15) is 23.6 Å². The highest BCUT2D eigenvalue weighted by Crippen LogP contribution is 2.29. The van der Waals surface area contributed by atoms with E-state index in [0.29, 0.717) is 6.54 Å². The van der Waals surface area contributed by atoms with Crippen LogP contribution in [-0.2, 0) is 9.53 Å². The minimum Gasteiger partial charge on any atom is -0.452 e. The Hall–Kier alpha value is -3.55. The summed E-state index contributed by atoms with van der Waals surface area (Å²) in [6, 6.07) is 8.93. The molecule has 30 heavy (non-hydrogen) atoms. The molecule has 0 atom stereocenters. The second-order valence-electron chi connectivity index (χ2n) is 6.82. The zero-order valence-electron chi connectivity index (χ0n) is 16.4. The average Bonchev–Trinajstić information content (AvgIpc) is 3.00. The molecule has 0 aromatic heterocycles. The van der Waals surface area contributed by atoms with Gasteiger partial charge in [-0.3, -0.25) is 14.4 Å². The largest absolute Gasteiger partial charge is 0.452 e. The van der Waals surface area contributed by atoms with Crippen molar-refractivity contribution in [3.05, 3.63) is 65.0 Å². The van der Waals surface area contributed by atoms with E-state index in [2.05, 4.69) is 12.2 Å². The number of carbonyl (C=O) groups is 4. The number of nitrogens with zero attached hydrogens (tertiary/aromatic N) is 1. The van der Waals surface area contributed by atoms with Gasteiger partial charge < -0.3 is 10.1 Å². The van der Waals surface area contributed by atoms with Gasteiger partial charge in [-0.2, -0.15) is 0 Å². The van der Waals surface area contributed by atoms with Crippen molar-refractivity contribution >= 4 is 29.4 Å². The molecule has 1 heterocycles. The molecule has 1 N–H and O–H groups in total. The Morgan fingerprint density at radius 2 is 1.70 bits per heavy atom. The highest BCUT2D eigenvalue weighted by atomic mass is 19.1. The smallest absolute Gasteiger partial charge is 0.338 e. The van der Waals surface area contributed by atoms with Crippen LogP contribution in [0.15, 0.2) is 42.5 Å². The lowest BCUT2D eigenvalue weighted by atomic mass is 10.1. The van der Waals surface area contributed by atoms with Gasteiger partial charge in [-0.25, -0.2) is 14.1 Å². The number of hydrogen-bond donors (Lipinski definition) is 1. The summed E-state index contributed by atoms with van der Waals surface area (Å²) in [7, 11) is 0. The Morgan fingerprint density at radius 3 is 2.40 bits per heavy atom. The Labute approximate surface area is 172 Å². The number of unbranched alkanes of at least 4 members (excludes halogenated alkanes) is 2. The Balaban J connectivity index is 1.66. The lowest BCUT2D eigenvalue weighted by Crippen LogP contribution is -2.29. The number of anilines is 1. The third kappa shape index (κ3) is 4.53. The summed E-state index contributed by atoms with van der Waals surface area (Å²) in [5.41, 5.74) is 0.457. The molecule has 156 valence electrons. The van der Waals surface area contributed by atoms with E-state index >= 15 is 0 Å². The molecule has 0 aliphatic carbocycles. The number of ether oxygens (including phenoxy) is 1. The zero-order valence-corrected chi connectivity index (χ0v) is 16.4. The number of rotatable bonds is 8. The number of fused-ring (bicyclic) bond motifs is 1. The summed E-state index contributed by atoms with van der Waals surface area (Å²) < 4.78 is 18.1. The number of amides is 3. The molecule has 0 saturated heterocycles. The van der Waals surface area contributed by atoms with E-state index in [0.717, 1.165) is 36.3 Å². The minimum atomic E-state index is -0.776. The Morgan fingerprint density at radius 1 is 1.00 bits per heavy atom. The predicted octanol–water partition coefficient (Wildman–Crippen LogP) is 3.09. The number of esters is 1. The number of benzene rings is 2. The first-order valence-corrected chi connectivity index (χ1v) is 9.64. The second kappa shape index (κ2) is 9.30. The van der Waals surface area contributed by atoms with Gasteiger partial charge in [0.1, 0.15) is 5.82 Å². The second-order valence-corrected chi connectivity index (χ2v) is 6.82. The number of nitrogens with one attached hydrogen (secondary N) is 1. The summed E-state index contributed by atoms with van der Waals surface area (Å²) in [6.07, 6.45) is 2.88. The van der Waals surface area contributed by atoms with Crippen molar-refractivity contribution in [3.8, 4) is 0 Å².